The second kappa shape index (κ2) is 7.46. The maximum absolute atomic E-state index is 13.3. The summed E-state index contributed by atoms with van der Waals surface area (Å²) in [5, 5.41) is 7.61. The van der Waals surface area contributed by atoms with Crippen molar-refractivity contribution >= 4 is 29.5 Å². The van der Waals surface area contributed by atoms with E-state index >= 15 is 0 Å². The van der Waals surface area contributed by atoms with Gasteiger partial charge in [-0.1, -0.05) is 13.0 Å². The molecule has 0 spiro atoms. The molecule has 0 radical (unpaired) electrons. The number of carbonyl (C=O) groups excluding carboxylic acids is 3. The van der Waals surface area contributed by atoms with Crippen molar-refractivity contribution in [1.29, 1.82) is 0 Å². The number of ketones is 1. The summed E-state index contributed by atoms with van der Waals surface area (Å²) in [7, 11) is 0. The minimum atomic E-state index is -0.990. The van der Waals surface area contributed by atoms with Crippen LogP contribution in [-0.2, 0) is 4.79 Å². The molecule has 1 aliphatic rings. The number of imide groups is 1. The molecule has 7 nitrogen and oxygen atoms in total. The van der Waals surface area contributed by atoms with Gasteiger partial charge in [-0.2, -0.15) is 5.10 Å². The molecule has 1 aliphatic heterocycles. The molecule has 1 saturated heterocycles. The zero-order chi connectivity index (χ0) is 22.3. The third-order valence-corrected chi connectivity index (χ3v) is 5.71. The van der Waals surface area contributed by atoms with Crippen LogP contribution in [0, 0.1) is 12.7 Å². The molecule has 3 amide bonds. The lowest BCUT2D eigenvalue weighted by molar-refractivity contribution is -0.130. The van der Waals surface area contributed by atoms with E-state index < -0.39 is 23.3 Å². The van der Waals surface area contributed by atoms with E-state index in [0.717, 1.165) is 5.01 Å². The zero-order valence-electron chi connectivity index (χ0n) is 17.3. The molecule has 4 rings (SSSR count). The number of amides is 3. The Balaban J connectivity index is 1.78. The second-order valence-corrected chi connectivity index (χ2v) is 7.66. The van der Waals surface area contributed by atoms with Crippen molar-refractivity contribution < 1.29 is 18.8 Å². The number of aromatic nitrogens is 1. The van der Waals surface area contributed by atoms with E-state index in [1.807, 2.05) is 19.1 Å². The quantitative estimate of drug-likeness (QED) is 0.388. The molecule has 1 N–H and O–H groups in total. The smallest absolute Gasteiger partial charge is 0.322 e. The van der Waals surface area contributed by atoms with E-state index in [1.165, 1.54) is 30.5 Å². The normalized spacial score (nSPS) is 18.9. The van der Waals surface area contributed by atoms with Crippen LogP contribution in [0.5, 0.6) is 0 Å². The highest BCUT2D eigenvalue weighted by atomic mass is 19.1. The number of hydrazone groups is 1. The lowest BCUT2D eigenvalue weighted by Gasteiger charge is -2.17. The Morgan fingerprint density at radius 1 is 1.19 bits per heavy atom. The fraction of sp³-hybridized carbons (Fsp3) is 0.217. The lowest BCUT2D eigenvalue weighted by atomic mass is 10.00. The number of nitrogens with one attached hydrogen (secondary N) is 1. The molecule has 1 atom stereocenters. The van der Waals surface area contributed by atoms with E-state index in [9.17, 15) is 18.8 Å². The number of hydrogen-bond donors (Lipinski definition) is 1. The van der Waals surface area contributed by atoms with Crippen LogP contribution in [0.1, 0.15) is 47.4 Å². The fourth-order valence-electron chi connectivity index (χ4n) is 3.67. The number of carbonyl (C=O) groups is 3. The molecule has 0 saturated carbocycles. The van der Waals surface area contributed by atoms with Crippen molar-refractivity contribution in [3.05, 3.63) is 76.9 Å². The van der Waals surface area contributed by atoms with Gasteiger partial charge < -0.3 is 9.72 Å². The van der Waals surface area contributed by atoms with Crippen LogP contribution in [0.3, 0.4) is 0 Å². The van der Waals surface area contributed by atoms with Gasteiger partial charge in [0.15, 0.2) is 0 Å². The molecule has 2 aromatic heterocycles. The predicted octanol–water partition coefficient (Wildman–Crippen LogP) is 3.67. The molecule has 8 heteroatoms. The second-order valence-electron chi connectivity index (χ2n) is 7.66. The number of fused-ring (bicyclic) bond motifs is 1. The van der Waals surface area contributed by atoms with Crippen molar-refractivity contribution in [2.24, 2.45) is 5.10 Å². The molecule has 1 fully saturated rings. The maximum atomic E-state index is 13.3. The summed E-state index contributed by atoms with van der Waals surface area (Å²) in [6.07, 6.45) is 3.61. The van der Waals surface area contributed by atoms with Gasteiger partial charge in [0.1, 0.15) is 11.4 Å². The Hall–Kier alpha value is -3.81. The van der Waals surface area contributed by atoms with Gasteiger partial charge in [-0.25, -0.2) is 9.18 Å². The number of benzene rings is 1. The van der Waals surface area contributed by atoms with E-state index in [2.05, 4.69) is 10.4 Å². The van der Waals surface area contributed by atoms with Gasteiger partial charge in [0.05, 0.1) is 17.4 Å². The summed E-state index contributed by atoms with van der Waals surface area (Å²) in [6.45, 7) is 5.23. The fourth-order valence-corrected chi connectivity index (χ4v) is 3.67. The topological polar surface area (TPSA) is 83.2 Å². The Morgan fingerprint density at radius 2 is 1.90 bits per heavy atom. The van der Waals surface area contributed by atoms with Crippen LogP contribution >= 0.6 is 0 Å². The third kappa shape index (κ3) is 3.30. The largest absolute Gasteiger partial charge is 0.346 e. The monoisotopic (exact) mass is 420 g/mol. The molecule has 0 bridgehead atoms. The Morgan fingerprint density at radius 3 is 2.55 bits per heavy atom. The van der Waals surface area contributed by atoms with Gasteiger partial charge in [-0.3, -0.25) is 9.59 Å². The van der Waals surface area contributed by atoms with Crippen LogP contribution in [0.25, 0.3) is 5.52 Å². The number of rotatable bonds is 5. The summed E-state index contributed by atoms with van der Waals surface area (Å²) in [5.41, 5.74) is 1.70. The Kier molecular flexibility index (Phi) is 4.93. The molecule has 158 valence electrons. The van der Waals surface area contributed by atoms with E-state index in [-0.39, 0.29) is 5.78 Å². The van der Waals surface area contributed by atoms with E-state index in [4.69, 9.17) is 0 Å². The van der Waals surface area contributed by atoms with Crippen molar-refractivity contribution in [2.45, 2.75) is 32.7 Å². The van der Waals surface area contributed by atoms with Crippen LogP contribution in [0.4, 0.5) is 9.18 Å². The van der Waals surface area contributed by atoms with E-state index in [1.54, 1.807) is 30.5 Å². The van der Waals surface area contributed by atoms with Crippen molar-refractivity contribution in [2.75, 3.05) is 0 Å². The van der Waals surface area contributed by atoms with Crippen LogP contribution in [-0.4, -0.2) is 38.9 Å². The van der Waals surface area contributed by atoms with Gasteiger partial charge in [0, 0.05) is 17.3 Å². The standard InChI is InChI=1S/C23H21FN4O3/c1-4-23(3)21(30)28(22(31)26-23)25-13-17-14(2)19(27-12-6-5-7-18(17)27)20(29)15-8-10-16(24)11-9-15/h5-13H,4H2,1-3H3,(H,26,31)/b25-13+. The summed E-state index contributed by atoms with van der Waals surface area (Å²) in [5.74, 6) is -1.12. The highest BCUT2D eigenvalue weighted by Crippen LogP contribution is 2.26. The van der Waals surface area contributed by atoms with Gasteiger partial charge in [-0.05, 0) is 62.2 Å². The summed E-state index contributed by atoms with van der Waals surface area (Å²) >= 11 is 0. The molecule has 1 unspecified atom stereocenters. The molecule has 3 aromatic rings. The average Bonchev–Trinajstić information content (AvgIpc) is 3.16. The highest BCUT2D eigenvalue weighted by molar-refractivity contribution is 6.12. The maximum Gasteiger partial charge on any atom is 0.346 e. The molecular weight excluding hydrogens is 399 g/mol. The van der Waals surface area contributed by atoms with Gasteiger partial charge in [-0.15, -0.1) is 5.01 Å². The first-order valence-corrected chi connectivity index (χ1v) is 9.87. The molecule has 1 aromatic carbocycles. The van der Waals surface area contributed by atoms with Crippen molar-refractivity contribution in [3.8, 4) is 0 Å². The van der Waals surface area contributed by atoms with Crippen molar-refractivity contribution in [1.82, 2.24) is 14.7 Å². The van der Waals surface area contributed by atoms with E-state index in [0.29, 0.717) is 34.3 Å². The van der Waals surface area contributed by atoms with Gasteiger partial charge in [0.25, 0.3) is 5.91 Å². The minimum absolute atomic E-state index is 0.271. The average molecular weight is 420 g/mol. The van der Waals surface area contributed by atoms with Gasteiger partial charge >= 0.3 is 6.03 Å². The van der Waals surface area contributed by atoms with Crippen LogP contribution in [0.15, 0.2) is 53.8 Å². The highest BCUT2D eigenvalue weighted by Gasteiger charge is 2.46. The molecular formula is C23H21FN4O3. The first-order valence-electron chi connectivity index (χ1n) is 9.87. The number of hydrogen-bond acceptors (Lipinski definition) is 4. The van der Waals surface area contributed by atoms with Crippen molar-refractivity contribution in [3.63, 3.8) is 0 Å². The summed E-state index contributed by atoms with van der Waals surface area (Å²) in [6, 6.07) is 10.2. The predicted molar refractivity (Wildman–Crippen MR) is 114 cm³/mol. The number of pyridine rings is 1. The summed E-state index contributed by atoms with van der Waals surface area (Å²) < 4.78 is 15.0. The molecule has 31 heavy (non-hydrogen) atoms. The number of halogens is 1. The van der Waals surface area contributed by atoms with Crippen LogP contribution in [0.2, 0.25) is 0 Å². The Bertz CT molecular complexity index is 1250. The first kappa shape index (κ1) is 20.5. The minimum Gasteiger partial charge on any atom is -0.322 e. The molecule has 3 heterocycles. The summed E-state index contributed by atoms with van der Waals surface area (Å²) in [4.78, 5) is 38.0. The number of urea groups is 1. The first-order chi connectivity index (χ1) is 14.8. The third-order valence-electron chi connectivity index (χ3n) is 5.71. The lowest BCUT2D eigenvalue weighted by Crippen LogP contribution is -2.42. The number of nitrogens with zero attached hydrogens (tertiary/aromatic N) is 3. The Labute approximate surface area is 178 Å². The van der Waals surface area contributed by atoms with Gasteiger partial charge in [0.2, 0.25) is 5.78 Å². The SMILES string of the molecule is CCC1(C)NC(=O)N(/N=C/c2c(C)c(C(=O)c3ccc(F)cc3)n3ccccc23)C1=O. The molecule has 0 aliphatic carbocycles. The van der Waals surface area contributed by atoms with Crippen LogP contribution < -0.4 is 5.32 Å². The zero-order valence-corrected chi connectivity index (χ0v) is 17.3.